The van der Waals surface area contributed by atoms with Gasteiger partial charge in [0.05, 0.1) is 24.4 Å². The van der Waals surface area contributed by atoms with Crippen LogP contribution in [0.4, 0.5) is 5.13 Å². The smallest absolute Gasteiger partial charge is 0.226 e. The fourth-order valence-electron chi connectivity index (χ4n) is 2.62. The van der Waals surface area contributed by atoms with E-state index in [1.165, 1.54) is 11.3 Å². The van der Waals surface area contributed by atoms with Gasteiger partial charge in [-0.1, -0.05) is 29.0 Å². The first kappa shape index (κ1) is 18.5. The number of halogens is 1. The fraction of sp³-hybridized carbons (Fsp3) is 0.263. The Kier molecular flexibility index (Phi) is 5.96. The molecule has 0 unspecified atom stereocenters. The summed E-state index contributed by atoms with van der Waals surface area (Å²) in [4.78, 5) is 16.6. The summed E-state index contributed by atoms with van der Waals surface area (Å²) in [5.74, 6) is 1.35. The first-order valence-corrected chi connectivity index (χ1v) is 9.35. The molecule has 7 heteroatoms. The van der Waals surface area contributed by atoms with Crippen LogP contribution in [-0.2, 0) is 11.2 Å². The van der Waals surface area contributed by atoms with Crippen molar-refractivity contribution < 1.29 is 14.3 Å². The number of methoxy groups -OCH3 is 2. The Morgan fingerprint density at radius 1 is 1.15 bits per heavy atom. The molecule has 3 rings (SSSR count). The molecule has 0 saturated heterocycles. The molecule has 5 nitrogen and oxygen atoms in total. The topological polar surface area (TPSA) is 60.5 Å². The number of nitrogens with one attached hydrogen (secondary N) is 1. The Bertz CT molecular complexity index is 926. The van der Waals surface area contributed by atoms with Crippen LogP contribution >= 0.6 is 22.9 Å². The number of rotatable bonds is 7. The summed E-state index contributed by atoms with van der Waals surface area (Å²) < 4.78 is 11.5. The lowest BCUT2D eigenvalue weighted by atomic mass is 10.1. The monoisotopic (exact) mass is 390 g/mol. The van der Waals surface area contributed by atoms with Gasteiger partial charge in [0.15, 0.2) is 16.6 Å². The molecule has 0 spiro atoms. The summed E-state index contributed by atoms with van der Waals surface area (Å²) in [7, 11) is 3.22. The number of hydrogen-bond donors (Lipinski definition) is 1. The maximum Gasteiger partial charge on any atom is 0.226 e. The van der Waals surface area contributed by atoms with E-state index in [-0.39, 0.29) is 5.91 Å². The van der Waals surface area contributed by atoms with Gasteiger partial charge in [0.1, 0.15) is 0 Å². The third kappa shape index (κ3) is 4.45. The van der Waals surface area contributed by atoms with Gasteiger partial charge in [0, 0.05) is 11.4 Å². The first-order chi connectivity index (χ1) is 12.6. The number of anilines is 1. The SMILES string of the molecule is COc1ccc(CCCC(=O)Nc2nc3ccc(Cl)cc3s2)cc1OC. The average Bonchev–Trinajstić information content (AvgIpc) is 3.02. The highest BCUT2D eigenvalue weighted by molar-refractivity contribution is 7.22. The van der Waals surface area contributed by atoms with Crippen molar-refractivity contribution >= 4 is 44.2 Å². The van der Waals surface area contributed by atoms with E-state index in [9.17, 15) is 4.79 Å². The molecule has 3 aromatic rings. The summed E-state index contributed by atoms with van der Waals surface area (Å²) >= 11 is 7.40. The van der Waals surface area contributed by atoms with E-state index in [1.54, 1.807) is 20.3 Å². The van der Waals surface area contributed by atoms with Gasteiger partial charge in [-0.3, -0.25) is 4.79 Å². The highest BCUT2D eigenvalue weighted by atomic mass is 35.5. The van der Waals surface area contributed by atoms with Crippen molar-refractivity contribution in [3.05, 3.63) is 47.0 Å². The van der Waals surface area contributed by atoms with Crippen molar-refractivity contribution in [2.24, 2.45) is 0 Å². The van der Waals surface area contributed by atoms with Crippen LogP contribution in [0.2, 0.25) is 5.02 Å². The Balaban J connectivity index is 1.53. The van der Waals surface area contributed by atoms with E-state index in [4.69, 9.17) is 21.1 Å². The second kappa shape index (κ2) is 8.38. The van der Waals surface area contributed by atoms with E-state index in [0.717, 1.165) is 28.6 Å². The van der Waals surface area contributed by atoms with Crippen molar-refractivity contribution in [2.75, 3.05) is 19.5 Å². The van der Waals surface area contributed by atoms with Crippen LogP contribution in [0, 0.1) is 0 Å². The minimum atomic E-state index is -0.0457. The lowest BCUT2D eigenvalue weighted by Gasteiger charge is -2.09. The zero-order valence-corrected chi connectivity index (χ0v) is 16.1. The summed E-state index contributed by atoms with van der Waals surface area (Å²) in [5.41, 5.74) is 1.94. The second-order valence-electron chi connectivity index (χ2n) is 5.72. The molecule has 0 bridgehead atoms. The number of fused-ring (bicyclic) bond motifs is 1. The quantitative estimate of drug-likeness (QED) is 0.621. The number of nitrogens with zero attached hydrogens (tertiary/aromatic N) is 1. The van der Waals surface area contributed by atoms with Gasteiger partial charge < -0.3 is 14.8 Å². The van der Waals surface area contributed by atoms with Crippen LogP contribution in [0.25, 0.3) is 10.2 Å². The van der Waals surface area contributed by atoms with Gasteiger partial charge in [0.2, 0.25) is 5.91 Å². The molecule has 0 radical (unpaired) electrons. The molecule has 1 N–H and O–H groups in total. The van der Waals surface area contributed by atoms with Crippen molar-refractivity contribution in [1.82, 2.24) is 4.98 Å². The molecule has 2 aromatic carbocycles. The number of amides is 1. The van der Waals surface area contributed by atoms with Crippen LogP contribution in [0.5, 0.6) is 11.5 Å². The first-order valence-electron chi connectivity index (χ1n) is 8.16. The van der Waals surface area contributed by atoms with Crippen molar-refractivity contribution in [3.8, 4) is 11.5 Å². The van der Waals surface area contributed by atoms with Gasteiger partial charge in [-0.2, -0.15) is 0 Å². The largest absolute Gasteiger partial charge is 0.493 e. The number of carbonyl (C=O) groups excluding carboxylic acids is 1. The average molecular weight is 391 g/mol. The van der Waals surface area contributed by atoms with Crippen LogP contribution in [0.1, 0.15) is 18.4 Å². The number of benzene rings is 2. The highest BCUT2D eigenvalue weighted by Crippen LogP contribution is 2.29. The molecule has 0 aliphatic carbocycles. The van der Waals surface area contributed by atoms with Crippen LogP contribution in [0.3, 0.4) is 0 Å². The molecule has 0 aliphatic rings. The van der Waals surface area contributed by atoms with E-state index in [2.05, 4.69) is 10.3 Å². The molecular formula is C19H19ClN2O3S. The van der Waals surface area contributed by atoms with Crippen LogP contribution < -0.4 is 14.8 Å². The van der Waals surface area contributed by atoms with E-state index >= 15 is 0 Å². The Morgan fingerprint density at radius 2 is 1.96 bits per heavy atom. The normalized spacial score (nSPS) is 10.7. The minimum absolute atomic E-state index is 0.0457. The third-order valence-corrected chi connectivity index (χ3v) is 5.08. The van der Waals surface area contributed by atoms with Crippen LogP contribution in [0.15, 0.2) is 36.4 Å². The number of aryl methyl sites for hydroxylation is 1. The highest BCUT2D eigenvalue weighted by Gasteiger charge is 2.09. The molecule has 1 aromatic heterocycles. The number of ether oxygens (including phenoxy) is 2. The molecule has 26 heavy (non-hydrogen) atoms. The van der Waals surface area contributed by atoms with Crippen molar-refractivity contribution in [3.63, 3.8) is 0 Å². The van der Waals surface area contributed by atoms with E-state index in [1.807, 2.05) is 30.3 Å². The maximum absolute atomic E-state index is 12.2. The Morgan fingerprint density at radius 3 is 2.73 bits per heavy atom. The third-order valence-electron chi connectivity index (χ3n) is 3.91. The van der Waals surface area contributed by atoms with Gasteiger partial charge in [-0.25, -0.2) is 4.98 Å². The molecule has 0 aliphatic heterocycles. The molecule has 136 valence electrons. The zero-order valence-electron chi connectivity index (χ0n) is 14.5. The Hall–Kier alpha value is -2.31. The van der Waals surface area contributed by atoms with E-state index in [0.29, 0.717) is 28.1 Å². The minimum Gasteiger partial charge on any atom is -0.493 e. The van der Waals surface area contributed by atoms with Gasteiger partial charge in [-0.05, 0) is 48.7 Å². The van der Waals surface area contributed by atoms with E-state index < -0.39 is 0 Å². The van der Waals surface area contributed by atoms with Crippen LogP contribution in [-0.4, -0.2) is 25.1 Å². The standard InChI is InChI=1S/C19H19ClN2O3S/c1-24-15-9-6-12(10-16(15)25-2)4-3-5-18(23)22-19-21-14-8-7-13(20)11-17(14)26-19/h6-11H,3-5H2,1-2H3,(H,21,22,23). The molecule has 1 amide bonds. The molecule has 1 heterocycles. The lowest BCUT2D eigenvalue weighted by molar-refractivity contribution is -0.116. The molecule has 0 fully saturated rings. The number of carbonyl (C=O) groups is 1. The zero-order chi connectivity index (χ0) is 18.5. The maximum atomic E-state index is 12.2. The van der Waals surface area contributed by atoms with Crippen molar-refractivity contribution in [2.45, 2.75) is 19.3 Å². The predicted octanol–water partition coefficient (Wildman–Crippen LogP) is 4.93. The second-order valence-corrected chi connectivity index (χ2v) is 7.19. The number of thiazole rings is 1. The molecule has 0 atom stereocenters. The number of aromatic nitrogens is 1. The number of hydrogen-bond acceptors (Lipinski definition) is 5. The predicted molar refractivity (Wildman–Crippen MR) is 106 cm³/mol. The summed E-state index contributed by atoms with van der Waals surface area (Å²) in [6.45, 7) is 0. The molecule has 0 saturated carbocycles. The summed E-state index contributed by atoms with van der Waals surface area (Å²) in [6.07, 6.45) is 1.94. The Labute approximate surface area is 160 Å². The van der Waals surface area contributed by atoms with Gasteiger partial charge in [0.25, 0.3) is 0 Å². The summed E-state index contributed by atoms with van der Waals surface area (Å²) in [6, 6.07) is 11.3. The van der Waals surface area contributed by atoms with Gasteiger partial charge >= 0.3 is 0 Å². The summed E-state index contributed by atoms with van der Waals surface area (Å²) in [5, 5.41) is 4.12. The fourth-order valence-corrected chi connectivity index (χ4v) is 3.78. The van der Waals surface area contributed by atoms with Gasteiger partial charge in [-0.15, -0.1) is 0 Å². The lowest BCUT2D eigenvalue weighted by Crippen LogP contribution is -2.11. The molecular weight excluding hydrogens is 372 g/mol. The van der Waals surface area contributed by atoms with Crippen molar-refractivity contribution in [1.29, 1.82) is 0 Å².